The highest BCUT2D eigenvalue weighted by Gasteiger charge is 2.20. The molecule has 15 heavy (non-hydrogen) atoms. The van der Waals surface area contributed by atoms with E-state index >= 15 is 0 Å². The molecule has 1 saturated heterocycles. The molecule has 0 amide bonds. The van der Waals surface area contributed by atoms with E-state index in [4.69, 9.17) is 0 Å². The Balaban J connectivity index is 1.98. The van der Waals surface area contributed by atoms with E-state index in [2.05, 4.69) is 22.5 Å². The molecule has 0 radical (unpaired) electrons. The smallest absolute Gasteiger partial charge is 0.0107 e. The van der Waals surface area contributed by atoms with Gasteiger partial charge in [0, 0.05) is 19.6 Å². The molecular weight excluding hydrogens is 186 g/mol. The first-order valence-corrected chi connectivity index (χ1v) is 6.44. The molecule has 1 heterocycles. The van der Waals surface area contributed by atoms with Crippen LogP contribution in [0.2, 0.25) is 0 Å². The molecule has 0 spiro atoms. The summed E-state index contributed by atoms with van der Waals surface area (Å²) in [6.45, 7) is 9.57. The van der Waals surface area contributed by atoms with Gasteiger partial charge in [0.05, 0.1) is 0 Å². The van der Waals surface area contributed by atoms with E-state index in [1.807, 2.05) is 7.05 Å². The Morgan fingerprint density at radius 2 is 2.13 bits per heavy atom. The second-order valence-corrected chi connectivity index (χ2v) is 4.60. The Morgan fingerprint density at radius 3 is 2.87 bits per heavy atom. The molecule has 0 aromatic rings. The Bertz CT molecular complexity index is 150. The summed E-state index contributed by atoms with van der Waals surface area (Å²) in [5.74, 6) is 0.936. The minimum atomic E-state index is 0.936. The van der Waals surface area contributed by atoms with Crippen molar-refractivity contribution in [1.82, 2.24) is 15.5 Å². The standard InChI is InChI=1S/C12H27N3/c1-3-6-14-7-4-12-5-9-15(11-12)10-8-13-2/h12-14H,3-11H2,1-2H3. The molecule has 1 unspecified atom stereocenters. The molecule has 0 aliphatic carbocycles. The first-order valence-electron chi connectivity index (χ1n) is 6.44. The van der Waals surface area contributed by atoms with Gasteiger partial charge in [0.15, 0.2) is 0 Å². The van der Waals surface area contributed by atoms with Crippen LogP contribution >= 0.6 is 0 Å². The van der Waals surface area contributed by atoms with Crippen molar-refractivity contribution in [1.29, 1.82) is 0 Å². The summed E-state index contributed by atoms with van der Waals surface area (Å²) in [6.07, 6.45) is 4.01. The van der Waals surface area contributed by atoms with Gasteiger partial charge in [-0.2, -0.15) is 0 Å². The maximum atomic E-state index is 3.49. The average molecular weight is 213 g/mol. The van der Waals surface area contributed by atoms with E-state index in [0.717, 1.165) is 12.5 Å². The minimum absolute atomic E-state index is 0.936. The van der Waals surface area contributed by atoms with Gasteiger partial charge in [0.2, 0.25) is 0 Å². The summed E-state index contributed by atoms with van der Waals surface area (Å²) in [5.41, 5.74) is 0. The molecule has 0 aromatic heterocycles. The van der Waals surface area contributed by atoms with E-state index in [0.29, 0.717) is 0 Å². The number of likely N-dealkylation sites (N-methyl/N-ethyl adjacent to an activating group) is 1. The molecule has 3 heteroatoms. The van der Waals surface area contributed by atoms with Gasteiger partial charge in [-0.15, -0.1) is 0 Å². The second-order valence-electron chi connectivity index (χ2n) is 4.60. The lowest BCUT2D eigenvalue weighted by Crippen LogP contribution is -2.29. The fraction of sp³-hybridized carbons (Fsp3) is 1.00. The van der Waals surface area contributed by atoms with E-state index in [1.54, 1.807) is 0 Å². The van der Waals surface area contributed by atoms with Crippen molar-refractivity contribution in [2.75, 3.05) is 46.3 Å². The number of hydrogen-bond donors (Lipinski definition) is 2. The summed E-state index contributed by atoms with van der Waals surface area (Å²) >= 11 is 0. The van der Waals surface area contributed by atoms with E-state index in [-0.39, 0.29) is 0 Å². The molecule has 1 fully saturated rings. The molecule has 2 N–H and O–H groups in total. The van der Waals surface area contributed by atoms with Crippen LogP contribution in [0.3, 0.4) is 0 Å². The summed E-state index contributed by atoms with van der Waals surface area (Å²) in [5, 5.41) is 6.70. The highest BCUT2D eigenvalue weighted by atomic mass is 15.2. The molecule has 1 aliphatic heterocycles. The lowest BCUT2D eigenvalue weighted by atomic mass is 10.1. The van der Waals surface area contributed by atoms with Crippen LogP contribution in [0, 0.1) is 5.92 Å². The van der Waals surface area contributed by atoms with E-state index in [9.17, 15) is 0 Å². The van der Waals surface area contributed by atoms with Gasteiger partial charge in [-0.1, -0.05) is 6.92 Å². The molecular formula is C12H27N3. The predicted molar refractivity (Wildman–Crippen MR) is 66.3 cm³/mol. The van der Waals surface area contributed by atoms with Crippen LogP contribution in [0.4, 0.5) is 0 Å². The SMILES string of the molecule is CCCNCCC1CCN(CCNC)C1. The zero-order valence-corrected chi connectivity index (χ0v) is 10.4. The van der Waals surface area contributed by atoms with Crippen LogP contribution in [0.15, 0.2) is 0 Å². The first-order chi connectivity index (χ1) is 7.36. The lowest BCUT2D eigenvalue weighted by Gasteiger charge is -2.15. The van der Waals surface area contributed by atoms with E-state index in [1.165, 1.54) is 52.0 Å². The Hall–Kier alpha value is -0.120. The normalized spacial score (nSPS) is 22.4. The highest BCUT2D eigenvalue weighted by Crippen LogP contribution is 2.18. The van der Waals surface area contributed by atoms with Gasteiger partial charge in [0.25, 0.3) is 0 Å². The van der Waals surface area contributed by atoms with Crippen molar-refractivity contribution >= 4 is 0 Å². The maximum Gasteiger partial charge on any atom is 0.0107 e. The zero-order valence-electron chi connectivity index (χ0n) is 10.4. The average Bonchev–Trinajstić information content (AvgIpc) is 2.69. The minimum Gasteiger partial charge on any atom is -0.318 e. The van der Waals surface area contributed by atoms with Crippen LogP contribution in [-0.2, 0) is 0 Å². The number of nitrogens with one attached hydrogen (secondary N) is 2. The van der Waals surface area contributed by atoms with Crippen LogP contribution in [0.25, 0.3) is 0 Å². The third-order valence-electron chi connectivity index (χ3n) is 3.20. The summed E-state index contributed by atoms with van der Waals surface area (Å²) in [7, 11) is 2.03. The molecule has 3 nitrogen and oxygen atoms in total. The second kappa shape index (κ2) is 8.08. The lowest BCUT2D eigenvalue weighted by molar-refractivity contribution is 0.321. The quantitative estimate of drug-likeness (QED) is 0.587. The van der Waals surface area contributed by atoms with Crippen molar-refractivity contribution in [3.63, 3.8) is 0 Å². The zero-order chi connectivity index (χ0) is 10.9. The molecule has 0 bridgehead atoms. The van der Waals surface area contributed by atoms with Gasteiger partial charge in [-0.25, -0.2) is 0 Å². The molecule has 0 aromatic carbocycles. The number of rotatable bonds is 8. The van der Waals surface area contributed by atoms with Gasteiger partial charge < -0.3 is 15.5 Å². The van der Waals surface area contributed by atoms with Gasteiger partial charge >= 0.3 is 0 Å². The number of likely N-dealkylation sites (tertiary alicyclic amines) is 1. The van der Waals surface area contributed by atoms with Crippen LogP contribution in [0.1, 0.15) is 26.2 Å². The van der Waals surface area contributed by atoms with Crippen molar-refractivity contribution in [3.05, 3.63) is 0 Å². The van der Waals surface area contributed by atoms with Gasteiger partial charge in [-0.3, -0.25) is 0 Å². The number of hydrogen-bond acceptors (Lipinski definition) is 3. The summed E-state index contributed by atoms with van der Waals surface area (Å²) in [6, 6.07) is 0. The van der Waals surface area contributed by atoms with Crippen LogP contribution in [-0.4, -0.2) is 51.2 Å². The van der Waals surface area contributed by atoms with Gasteiger partial charge in [0.1, 0.15) is 0 Å². The molecule has 0 saturated carbocycles. The maximum absolute atomic E-state index is 3.49. The Kier molecular flexibility index (Phi) is 6.98. The topological polar surface area (TPSA) is 27.3 Å². The van der Waals surface area contributed by atoms with E-state index < -0.39 is 0 Å². The van der Waals surface area contributed by atoms with Crippen molar-refractivity contribution < 1.29 is 0 Å². The Labute approximate surface area is 94.6 Å². The molecule has 90 valence electrons. The van der Waals surface area contributed by atoms with Crippen molar-refractivity contribution in [3.8, 4) is 0 Å². The molecule has 1 aliphatic rings. The third-order valence-corrected chi connectivity index (χ3v) is 3.20. The summed E-state index contributed by atoms with van der Waals surface area (Å²) in [4.78, 5) is 2.58. The predicted octanol–water partition coefficient (Wildman–Crippen LogP) is 0.917. The molecule has 1 rings (SSSR count). The Morgan fingerprint density at radius 1 is 1.27 bits per heavy atom. The van der Waals surface area contributed by atoms with Crippen LogP contribution < -0.4 is 10.6 Å². The van der Waals surface area contributed by atoms with Gasteiger partial charge in [-0.05, 0) is 51.9 Å². The van der Waals surface area contributed by atoms with Crippen molar-refractivity contribution in [2.45, 2.75) is 26.2 Å². The fourth-order valence-corrected chi connectivity index (χ4v) is 2.23. The third kappa shape index (κ3) is 5.50. The first kappa shape index (κ1) is 12.9. The van der Waals surface area contributed by atoms with Crippen LogP contribution in [0.5, 0.6) is 0 Å². The van der Waals surface area contributed by atoms with Crippen molar-refractivity contribution in [2.24, 2.45) is 5.92 Å². The fourth-order valence-electron chi connectivity index (χ4n) is 2.23. The number of nitrogens with zero attached hydrogens (tertiary/aromatic N) is 1. The highest BCUT2D eigenvalue weighted by molar-refractivity contribution is 4.76. The monoisotopic (exact) mass is 213 g/mol. The summed E-state index contributed by atoms with van der Waals surface area (Å²) < 4.78 is 0. The molecule has 1 atom stereocenters. The largest absolute Gasteiger partial charge is 0.318 e.